The van der Waals surface area contributed by atoms with Gasteiger partial charge in [0.05, 0.1) is 16.5 Å². The average Bonchev–Trinajstić information content (AvgIpc) is 2.80. The third kappa shape index (κ3) is 4.45. The Morgan fingerprint density at radius 2 is 1.73 bits per heavy atom. The van der Waals surface area contributed by atoms with Gasteiger partial charge in [-0.1, -0.05) is 0 Å². The van der Waals surface area contributed by atoms with Gasteiger partial charge in [-0.3, -0.25) is 4.79 Å². The van der Waals surface area contributed by atoms with Gasteiger partial charge in [-0.15, -0.1) is 0 Å². The molecular formula is C21H25N5O3S. The highest BCUT2D eigenvalue weighted by atomic mass is 32.2. The van der Waals surface area contributed by atoms with Crippen LogP contribution in [-0.4, -0.2) is 67.8 Å². The van der Waals surface area contributed by atoms with E-state index < -0.39 is 10.0 Å². The molecule has 3 rings (SSSR count). The van der Waals surface area contributed by atoms with Gasteiger partial charge in [-0.2, -0.15) is 9.57 Å². The number of benzene rings is 1. The molecule has 0 saturated carbocycles. The van der Waals surface area contributed by atoms with Crippen LogP contribution in [0.3, 0.4) is 0 Å². The zero-order valence-electron chi connectivity index (χ0n) is 17.2. The highest BCUT2D eigenvalue weighted by Crippen LogP contribution is 2.21. The van der Waals surface area contributed by atoms with Crippen LogP contribution in [0.5, 0.6) is 0 Å². The second-order valence-corrected chi connectivity index (χ2v) is 8.85. The molecule has 0 unspecified atom stereocenters. The van der Waals surface area contributed by atoms with Gasteiger partial charge in [0.2, 0.25) is 10.0 Å². The zero-order chi connectivity index (χ0) is 21.7. The van der Waals surface area contributed by atoms with Crippen molar-refractivity contribution in [2.75, 3.05) is 44.2 Å². The van der Waals surface area contributed by atoms with Gasteiger partial charge in [0, 0.05) is 51.0 Å². The van der Waals surface area contributed by atoms with E-state index in [-0.39, 0.29) is 10.8 Å². The molecule has 1 aliphatic heterocycles. The number of nitriles is 1. The normalized spacial score (nSPS) is 14.9. The van der Waals surface area contributed by atoms with Gasteiger partial charge in [0.25, 0.3) is 5.91 Å². The zero-order valence-corrected chi connectivity index (χ0v) is 18.0. The minimum atomic E-state index is -3.65. The number of amides is 1. The number of sulfonamides is 1. The molecule has 30 heavy (non-hydrogen) atoms. The van der Waals surface area contributed by atoms with E-state index in [1.165, 1.54) is 16.4 Å². The van der Waals surface area contributed by atoms with Crippen molar-refractivity contribution in [3.8, 4) is 6.07 Å². The molecule has 0 atom stereocenters. The van der Waals surface area contributed by atoms with Crippen LogP contribution < -0.4 is 4.90 Å². The molecule has 1 aromatic carbocycles. The summed E-state index contributed by atoms with van der Waals surface area (Å²) in [7, 11) is -3.65. The Kier molecular flexibility index (Phi) is 6.70. The monoisotopic (exact) mass is 427 g/mol. The first kappa shape index (κ1) is 21.7. The highest BCUT2D eigenvalue weighted by molar-refractivity contribution is 7.89. The lowest BCUT2D eigenvalue weighted by Crippen LogP contribution is -2.48. The lowest BCUT2D eigenvalue weighted by Gasteiger charge is -2.34. The molecular weight excluding hydrogens is 402 g/mol. The predicted octanol–water partition coefficient (Wildman–Crippen LogP) is 1.95. The number of piperazine rings is 1. The number of carbonyl (C=O) groups excluding carboxylic acids is 1. The first-order chi connectivity index (χ1) is 14.4. The Bertz CT molecular complexity index is 1040. The molecule has 0 radical (unpaired) electrons. The summed E-state index contributed by atoms with van der Waals surface area (Å²) in [4.78, 5) is 20.5. The van der Waals surface area contributed by atoms with E-state index in [2.05, 4.69) is 11.1 Å². The second kappa shape index (κ2) is 9.24. The van der Waals surface area contributed by atoms with E-state index in [0.717, 1.165) is 0 Å². The average molecular weight is 428 g/mol. The molecule has 158 valence electrons. The summed E-state index contributed by atoms with van der Waals surface area (Å²) in [5.41, 5.74) is 1.00. The molecule has 1 fully saturated rings. The molecule has 2 heterocycles. The summed E-state index contributed by atoms with van der Waals surface area (Å²) < 4.78 is 27.5. The van der Waals surface area contributed by atoms with Gasteiger partial charge in [0.15, 0.2) is 0 Å². The molecule has 0 N–H and O–H groups in total. The number of carbonyl (C=O) groups is 1. The SMILES string of the molecule is CCN(CC)C(=O)c1ccc(S(=O)(=O)N2CCN(c3cc(C#N)ccn3)CC2)cc1. The molecule has 8 nitrogen and oxygen atoms in total. The summed E-state index contributed by atoms with van der Waals surface area (Å²) in [6.07, 6.45) is 1.58. The number of hydrogen-bond donors (Lipinski definition) is 0. The first-order valence-electron chi connectivity index (χ1n) is 9.91. The standard InChI is InChI=1S/C21H25N5O3S/c1-3-24(4-2)21(27)18-5-7-19(8-6-18)30(28,29)26-13-11-25(12-14-26)20-15-17(16-22)9-10-23-20/h5-10,15H,3-4,11-14H2,1-2H3. The summed E-state index contributed by atoms with van der Waals surface area (Å²) in [5, 5.41) is 9.04. The fourth-order valence-electron chi connectivity index (χ4n) is 3.43. The Morgan fingerprint density at radius 3 is 2.30 bits per heavy atom. The Balaban J connectivity index is 1.69. The smallest absolute Gasteiger partial charge is 0.253 e. The number of rotatable bonds is 6. The third-order valence-corrected chi connectivity index (χ3v) is 7.14. The van der Waals surface area contributed by atoms with Gasteiger partial charge in [-0.25, -0.2) is 13.4 Å². The molecule has 0 spiro atoms. The summed E-state index contributed by atoms with van der Waals surface area (Å²) in [6, 6.07) is 11.6. The van der Waals surface area contributed by atoms with E-state index in [1.807, 2.05) is 18.7 Å². The largest absolute Gasteiger partial charge is 0.354 e. The maximum Gasteiger partial charge on any atom is 0.253 e. The fourth-order valence-corrected chi connectivity index (χ4v) is 4.85. The van der Waals surface area contributed by atoms with Gasteiger partial charge in [0.1, 0.15) is 5.82 Å². The number of hydrogen-bond acceptors (Lipinski definition) is 6. The third-order valence-electron chi connectivity index (χ3n) is 5.23. The topological polar surface area (TPSA) is 97.6 Å². The van der Waals surface area contributed by atoms with Crippen LogP contribution in [0.25, 0.3) is 0 Å². The molecule has 0 bridgehead atoms. The maximum atomic E-state index is 13.0. The molecule has 1 aliphatic rings. The number of pyridine rings is 1. The van der Waals surface area contributed by atoms with Crippen LogP contribution in [0, 0.1) is 11.3 Å². The van der Waals surface area contributed by atoms with E-state index in [4.69, 9.17) is 5.26 Å². The van der Waals surface area contributed by atoms with Crippen molar-refractivity contribution in [2.24, 2.45) is 0 Å². The van der Waals surface area contributed by atoms with Crippen molar-refractivity contribution in [3.63, 3.8) is 0 Å². The van der Waals surface area contributed by atoms with Crippen LogP contribution in [0.15, 0.2) is 47.5 Å². The van der Waals surface area contributed by atoms with E-state index in [0.29, 0.717) is 56.2 Å². The second-order valence-electron chi connectivity index (χ2n) is 6.91. The maximum absolute atomic E-state index is 13.0. The van der Waals surface area contributed by atoms with Crippen molar-refractivity contribution < 1.29 is 13.2 Å². The number of aromatic nitrogens is 1. The van der Waals surface area contributed by atoms with Gasteiger partial charge in [-0.05, 0) is 50.2 Å². The molecule has 1 saturated heterocycles. The van der Waals surface area contributed by atoms with Crippen molar-refractivity contribution in [2.45, 2.75) is 18.7 Å². The van der Waals surface area contributed by atoms with Gasteiger partial charge >= 0.3 is 0 Å². The van der Waals surface area contributed by atoms with Crippen molar-refractivity contribution in [3.05, 3.63) is 53.7 Å². The Labute approximate surface area is 177 Å². The fraction of sp³-hybridized carbons (Fsp3) is 0.381. The predicted molar refractivity (Wildman–Crippen MR) is 114 cm³/mol. The van der Waals surface area contributed by atoms with Crippen molar-refractivity contribution in [1.29, 1.82) is 5.26 Å². The molecule has 0 aliphatic carbocycles. The van der Waals surface area contributed by atoms with Crippen LogP contribution in [-0.2, 0) is 10.0 Å². The van der Waals surface area contributed by atoms with Crippen LogP contribution >= 0.6 is 0 Å². The van der Waals surface area contributed by atoms with E-state index in [1.54, 1.807) is 35.4 Å². The van der Waals surface area contributed by atoms with Crippen LogP contribution in [0.1, 0.15) is 29.8 Å². The van der Waals surface area contributed by atoms with Crippen molar-refractivity contribution in [1.82, 2.24) is 14.2 Å². The summed E-state index contributed by atoms with van der Waals surface area (Å²) in [6.45, 7) is 6.64. The minimum Gasteiger partial charge on any atom is -0.354 e. The summed E-state index contributed by atoms with van der Waals surface area (Å²) >= 11 is 0. The molecule has 1 amide bonds. The lowest BCUT2D eigenvalue weighted by atomic mass is 10.2. The first-order valence-corrected chi connectivity index (χ1v) is 11.3. The highest BCUT2D eigenvalue weighted by Gasteiger charge is 2.29. The Hall–Kier alpha value is -2.96. The van der Waals surface area contributed by atoms with Crippen LogP contribution in [0.2, 0.25) is 0 Å². The Morgan fingerprint density at radius 1 is 1.10 bits per heavy atom. The molecule has 9 heteroatoms. The van der Waals surface area contributed by atoms with Crippen molar-refractivity contribution >= 4 is 21.7 Å². The quantitative estimate of drug-likeness (QED) is 0.699. The van der Waals surface area contributed by atoms with Crippen LogP contribution in [0.4, 0.5) is 5.82 Å². The van der Waals surface area contributed by atoms with Gasteiger partial charge < -0.3 is 9.80 Å². The number of nitrogens with zero attached hydrogens (tertiary/aromatic N) is 5. The van der Waals surface area contributed by atoms with E-state index in [9.17, 15) is 13.2 Å². The number of anilines is 1. The molecule has 1 aromatic heterocycles. The molecule has 2 aromatic rings. The summed E-state index contributed by atoms with van der Waals surface area (Å²) in [5.74, 6) is 0.565. The van der Waals surface area contributed by atoms with E-state index >= 15 is 0 Å². The lowest BCUT2D eigenvalue weighted by molar-refractivity contribution is 0.0773. The minimum absolute atomic E-state index is 0.107.